The van der Waals surface area contributed by atoms with E-state index in [0.29, 0.717) is 11.5 Å². The molecular weight excluding hydrogens is 292 g/mol. The minimum absolute atomic E-state index is 0.146. The minimum Gasteiger partial charge on any atom is -0.444 e. The van der Waals surface area contributed by atoms with Crippen LogP contribution in [0.15, 0.2) is 22.7 Å². The van der Waals surface area contributed by atoms with Crippen molar-refractivity contribution in [3.63, 3.8) is 0 Å². The molecule has 6 heteroatoms. The number of aryl methyl sites for hydroxylation is 2. The number of aromatic nitrogens is 2. The highest BCUT2D eigenvalue weighted by Crippen LogP contribution is 2.21. The molecule has 3 heterocycles. The first-order valence-electron chi connectivity index (χ1n) is 8.06. The zero-order valence-electron chi connectivity index (χ0n) is 13.6. The first-order valence-corrected chi connectivity index (χ1v) is 8.06. The molecule has 1 N–H and O–H groups in total. The van der Waals surface area contributed by atoms with E-state index in [1.54, 1.807) is 12.3 Å². The van der Waals surface area contributed by atoms with Crippen molar-refractivity contribution in [2.24, 2.45) is 0 Å². The molecule has 1 fully saturated rings. The number of nitrogens with one attached hydrogen (secondary N) is 1. The molecule has 1 aliphatic heterocycles. The Hall–Kier alpha value is -2.37. The maximum atomic E-state index is 12.5. The topological polar surface area (TPSA) is 71.3 Å². The molecule has 0 bridgehead atoms. The maximum Gasteiger partial charge on any atom is 0.255 e. The number of anilines is 1. The van der Waals surface area contributed by atoms with Gasteiger partial charge in [0.2, 0.25) is 5.89 Å². The van der Waals surface area contributed by atoms with Gasteiger partial charge in [-0.05, 0) is 45.2 Å². The van der Waals surface area contributed by atoms with Crippen molar-refractivity contribution in [1.29, 1.82) is 0 Å². The van der Waals surface area contributed by atoms with Crippen molar-refractivity contribution in [3.8, 4) is 0 Å². The SMILES string of the molecule is Cc1nc(CNC(=O)c2cccnc2N2CCCCC2)oc1C. The number of oxazole rings is 1. The lowest BCUT2D eigenvalue weighted by atomic mass is 10.1. The second-order valence-corrected chi connectivity index (χ2v) is 5.85. The summed E-state index contributed by atoms with van der Waals surface area (Å²) in [5.41, 5.74) is 1.46. The molecule has 0 saturated carbocycles. The molecular formula is C17H22N4O2. The second-order valence-electron chi connectivity index (χ2n) is 5.85. The van der Waals surface area contributed by atoms with Gasteiger partial charge in [0, 0.05) is 19.3 Å². The molecule has 0 atom stereocenters. The van der Waals surface area contributed by atoms with Gasteiger partial charge in [-0.2, -0.15) is 0 Å². The van der Waals surface area contributed by atoms with Gasteiger partial charge in [0.15, 0.2) is 0 Å². The Kier molecular flexibility index (Phi) is 4.60. The molecule has 0 radical (unpaired) electrons. The fourth-order valence-corrected chi connectivity index (χ4v) is 2.80. The fourth-order valence-electron chi connectivity index (χ4n) is 2.80. The number of piperidine rings is 1. The van der Waals surface area contributed by atoms with E-state index in [-0.39, 0.29) is 12.5 Å². The molecule has 2 aromatic heterocycles. The summed E-state index contributed by atoms with van der Waals surface area (Å²) in [7, 11) is 0. The number of carbonyl (C=O) groups excluding carboxylic acids is 1. The number of nitrogens with zero attached hydrogens (tertiary/aromatic N) is 3. The van der Waals surface area contributed by atoms with Gasteiger partial charge in [-0.25, -0.2) is 9.97 Å². The molecule has 3 rings (SSSR count). The third-order valence-corrected chi connectivity index (χ3v) is 4.16. The highest BCUT2D eigenvalue weighted by atomic mass is 16.4. The first kappa shape index (κ1) is 15.5. The van der Waals surface area contributed by atoms with Gasteiger partial charge < -0.3 is 14.6 Å². The standard InChI is InChI=1S/C17H22N4O2/c1-12-13(2)23-15(20-12)11-19-17(22)14-7-6-8-18-16(14)21-9-4-3-5-10-21/h6-8H,3-5,9-11H2,1-2H3,(H,19,22). The van der Waals surface area contributed by atoms with E-state index in [0.717, 1.165) is 43.2 Å². The summed E-state index contributed by atoms with van der Waals surface area (Å²) in [5.74, 6) is 1.93. The number of hydrogen-bond acceptors (Lipinski definition) is 5. The third-order valence-electron chi connectivity index (χ3n) is 4.16. The van der Waals surface area contributed by atoms with E-state index in [9.17, 15) is 4.79 Å². The molecule has 122 valence electrons. The van der Waals surface area contributed by atoms with Crippen LogP contribution in [0, 0.1) is 13.8 Å². The van der Waals surface area contributed by atoms with Crippen molar-refractivity contribution in [1.82, 2.24) is 15.3 Å². The Morgan fingerprint density at radius 2 is 2.09 bits per heavy atom. The largest absolute Gasteiger partial charge is 0.444 e. The molecule has 23 heavy (non-hydrogen) atoms. The Labute approximate surface area is 135 Å². The summed E-state index contributed by atoms with van der Waals surface area (Å²) in [6.07, 6.45) is 5.27. The smallest absolute Gasteiger partial charge is 0.255 e. The van der Waals surface area contributed by atoms with Crippen molar-refractivity contribution in [2.45, 2.75) is 39.7 Å². The second kappa shape index (κ2) is 6.81. The monoisotopic (exact) mass is 314 g/mol. The molecule has 0 unspecified atom stereocenters. The zero-order chi connectivity index (χ0) is 16.2. The van der Waals surface area contributed by atoms with Crippen LogP contribution in [0.5, 0.6) is 0 Å². The van der Waals surface area contributed by atoms with Crippen LogP contribution >= 0.6 is 0 Å². The molecule has 0 spiro atoms. The summed E-state index contributed by atoms with van der Waals surface area (Å²) < 4.78 is 5.50. The summed E-state index contributed by atoms with van der Waals surface area (Å²) >= 11 is 0. The normalized spacial score (nSPS) is 14.8. The van der Waals surface area contributed by atoms with E-state index in [1.165, 1.54) is 6.42 Å². The van der Waals surface area contributed by atoms with Crippen LogP contribution in [0.1, 0.15) is 47.0 Å². The van der Waals surface area contributed by atoms with Crippen LogP contribution in [0.25, 0.3) is 0 Å². The molecule has 0 aliphatic carbocycles. The van der Waals surface area contributed by atoms with Crippen LogP contribution in [-0.4, -0.2) is 29.0 Å². The molecule has 1 amide bonds. The van der Waals surface area contributed by atoms with E-state index in [4.69, 9.17) is 4.42 Å². The van der Waals surface area contributed by atoms with Crippen LogP contribution in [0.4, 0.5) is 5.82 Å². The average molecular weight is 314 g/mol. The van der Waals surface area contributed by atoms with Crippen LogP contribution < -0.4 is 10.2 Å². The summed E-state index contributed by atoms with van der Waals surface area (Å²) in [4.78, 5) is 23.4. The molecule has 6 nitrogen and oxygen atoms in total. The maximum absolute atomic E-state index is 12.5. The Balaban J connectivity index is 1.71. The van der Waals surface area contributed by atoms with Gasteiger partial charge in [0.1, 0.15) is 11.6 Å². The van der Waals surface area contributed by atoms with E-state index >= 15 is 0 Å². The van der Waals surface area contributed by atoms with Crippen molar-refractivity contribution < 1.29 is 9.21 Å². The number of rotatable bonds is 4. The number of amides is 1. The van der Waals surface area contributed by atoms with Crippen molar-refractivity contribution in [2.75, 3.05) is 18.0 Å². The lowest BCUT2D eigenvalue weighted by Gasteiger charge is -2.29. The van der Waals surface area contributed by atoms with Gasteiger partial charge in [-0.15, -0.1) is 0 Å². The van der Waals surface area contributed by atoms with Gasteiger partial charge in [0.05, 0.1) is 17.8 Å². The van der Waals surface area contributed by atoms with Gasteiger partial charge in [-0.1, -0.05) is 0 Å². The molecule has 2 aromatic rings. The van der Waals surface area contributed by atoms with E-state index in [2.05, 4.69) is 20.2 Å². The fraction of sp³-hybridized carbons (Fsp3) is 0.471. The van der Waals surface area contributed by atoms with Crippen molar-refractivity contribution >= 4 is 11.7 Å². The van der Waals surface area contributed by atoms with E-state index in [1.807, 2.05) is 19.9 Å². The summed E-state index contributed by atoms with van der Waals surface area (Å²) in [5, 5.41) is 2.87. The zero-order valence-corrected chi connectivity index (χ0v) is 13.6. The van der Waals surface area contributed by atoms with Gasteiger partial charge in [0.25, 0.3) is 5.91 Å². The average Bonchev–Trinajstić information content (AvgIpc) is 2.91. The van der Waals surface area contributed by atoms with Crippen LogP contribution in [0.2, 0.25) is 0 Å². The Morgan fingerprint density at radius 1 is 1.30 bits per heavy atom. The number of hydrogen-bond donors (Lipinski definition) is 1. The summed E-state index contributed by atoms with van der Waals surface area (Å²) in [6.45, 7) is 5.94. The summed E-state index contributed by atoms with van der Waals surface area (Å²) in [6, 6.07) is 3.61. The number of pyridine rings is 1. The Morgan fingerprint density at radius 3 is 2.78 bits per heavy atom. The minimum atomic E-state index is -0.146. The first-order chi connectivity index (χ1) is 11.1. The van der Waals surface area contributed by atoms with E-state index < -0.39 is 0 Å². The van der Waals surface area contributed by atoms with Crippen LogP contribution in [0.3, 0.4) is 0 Å². The third kappa shape index (κ3) is 3.52. The van der Waals surface area contributed by atoms with Crippen molar-refractivity contribution in [3.05, 3.63) is 41.2 Å². The quantitative estimate of drug-likeness (QED) is 0.939. The highest BCUT2D eigenvalue weighted by Gasteiger charge is 2.19. The molecule has 0 aromatic carbocycles. The predicted molar refractivity (Wildman–Crippen MR) is 87.4 cm³/mol. The highest BCUT2D eigenvalue weighted by molar-refractivity contribution is 5.98. The predicted octanol–water partition coefficient (Wildman–Crippen LogP) is 2.61. The number of carbonyl (C=O) groups is 1. The Bertz CT molecular complexity index is 670. The molecule has 1 saturated heterocycles. The molecule has 1 aliphatic rings. The van der Waals surface area contributed by atoms with Gasteiger partial charge in [-0.3, -0.25) is 4.79 Å². The lowest BCUT2D eigenvalue weighted by Crippen LogP contribution is -2.33. The lowest BCUT2D eigenvalue weighted by molar-refractivity contribution is 0.0947. The van der Waals surface area contributed by atoms with Gasteiger partial charge >= 0.3 is 0 Å². The van der Waals surface area contributed by atoms with Crippen LogP contribution in [-0.2, 0) is 6.54 Å².